The number of rotatable bonds is 17. The number of hydrogen-bond donors (Lipinski definition) is 0. The summed E-state index contributed by atoms with van der Waals surface area (Å²) in [6.07, 6.45) is 18.2. The third-order valence-electron chi connectivity index (χ3n) is 5.46. The molecule has 0 saturated heterocycles. The summed E-state index contributed by atoms with van der Waals surface area (Å²) in [5.74, 6) is 0. The molecule has 0 aromatic carbocycles. The van der Waals surface area contributed by atoms with Gasteiger partial charge in [0.15, 0.2) is 0 Å². The van der Waals surface area contributed by atoms with Crippen LogP contribution in [0.25, 0.3) is 0 Å². The first-order valence-corrected chi connectivity index (χ1v) is 13.1. The van der Waals surface area contributed by atoms with Gasteiger partial charge in [0.05, 0.1) is 0 Å². The summed E-state index contributed by atoms with van der Waals surface area (Å²) in [7, 11) is -0.215. The Balaban J connectivity index is 3.64. The first-order valence-electron chi connectivity index (χ1n) is 11.1. The van der Waals surface area contributed by atoms with Gasteiger partial charge in [-0.05, 0) is 13.0 Å². The third-order valence-corrected chi connectivity index (χ3v) is 10.2. The Kier molecular flexibility index (Phi) is 15.3. The highest BCUT2D eigenvalue weighted by molar-refractivity contribution is 6.70. The van der Waals surface area contributed by atoms with Crippen LogP contribution in [-0.4, -0.2) is 22.3 Å². The lowest BCUT2D eigenvalue weighted by molar-refractivity contribution is 0.183. The summed E-state index contributed by atoms with van der Waals surface area (Å²) in [4.78, 5) is 0. The minimum Gasteiger partial charge on any atom is -0.397 e. The van der Waals surface area contributed by atoms with Crippen molar-refractivity contribution in [2.75, 3.05) is 13.7 Å². The topological polar surface area (TPSA) is 18.5 Å². The second kappa shape index (κ2) is 15.2. The van der Waals surface area contributed by atoms with Crippen LogP contribution in [0.5, 0.6) is 0 Å². The van der Waals surface area contributed by atoms with Gasteiger partial charge in [-0.1, -0.05) is 111 Å². The van der Waals surface area contributed by atoms with Gasteiger partial charge in [-0.3, -0.25) is 0 Å². The monoisotopic (exact) mass is 372 g/mol. The van der Waals surface area contributed by atoms with Gasteiger partial charge in [-0.25, -0.2) is 0 Å². The summed E-state index contributed by atoms with van der Waals surface area (Å²) < 4.78 is 12.1. The molecule has 0 aromatic rings. The van der Waals surface area contributed by atoms with Crippen LogP contribution in [-0.2, 0) is 8.85 Å². The van der Waals surface area contributed by atoms with E-state index in [1.807, 2.05) is 7.11 Å². The van der Waals surface area contributed by atoms with Crippen molar-refractivity contribution in [3.8, 4) is 0 Å². The molecule has 0 saturated carbocycles. The number of hydrogen-bond acceptors (Lipinski definition) is 2. The molecule has 0 aromatic heterocycles. The first kappa shape index (κ1) is 25.1. The highest BCUT2D eigenvalue weighted by Crippen LogP contribution is 2.41. The zero-order valence-electron chi connectivity index (χ0n) is 18.4. The average Bonchev–Trinajstić information content (AvgIpc) is 2.57. The lowest BCUT2D eigenvalue weighted by Crippen LogP contribution is -2.49. The standard InChI is InChI=1S/C22H48O2Si/c1-7-9-10-11-12-13-14-15-16-17-18-19-20-21-25(23-6,24-8-2)22(3,4)5/h7-21H2,1-6H3. The van der Waals surface area contributed by atoms with Crippen LogP contribution >= 0.6 is 0 Å². The minimum atomic E-state index is -2.07. The van der Waals surface area contributed by atoms with Gasteiger partial charge < -0.3 is 8.85 Å². The molecule has 1 unspecified atom stereocenters. The van der Waals surface area contributed by atoms with Crippen LogP contribution in [0.15, 0.2) is 0 Å². The Morgan fingerprint density at radius 2 is 1.04 bits per heavy atom. The maximum absolute atomic E-state index is 6.17. The normalized spacial score (nSPS) is 14.6. The molecule has 0 heterocycles. The van der Waals surface area contributed by atoms with E-state index in [2.05, 4.69) is 34.6 Å². The van der Waals surface area contributed by atoms with Gasteiger partial charge in [0, 0.05) is 18.8 Å². The van der Waals surface area contributed by atoms with Crippen LogP contribution < -0.4 is 0 Å². The maximum Gasteiger partial charge on any atom is 0.343 e. The Morgan fingerprint density at radius 1 is 0.640 bits per heavy atom. The van der Waals surface area contributed by atoms with Crippen molar-refractivity contribution >= 4 is 8.56 Å². The highest BCUT2D eigenvalue weighted by Gasteiger charge is 2.47. The van der Waals surface area contributed by atoms with Crippen LogP contribution in [0.2, 0.25) is 11.1 Å². The Hall–Kier alpha value is 0.137. The van der Waals surface area contributed by atoms with Crippen molar-refractivity contribution in [3.63, 3.8) is 0 Å². The second-order valence-corrected chi connectivity index (χ2v) is 12.8. The smallest absolute Gasteiger partial charge is 0.343 e. The minimum absolute atomic E-state index is 0.148. The molecule has 0 amide bonds. The summed E-state index contributed by atoms with van der Waals surface area (Å²) >= 11 is 0. The van der Waals surface area contributed by atoms with E-state index in [-0.39, 0.29) is 5.04 Å². The lowest BCUT2D eigenvalue weighted by atomic mass is 10.1. The van der Waals surface area contributed by atoms with Gasteiger partial charge in [0.1, 0.15) is 0 Å². The predicted molar refractivity (Wildman–Crippen MR) is 115 cm³/mol. The zero-order chi connectivity index (χ0) is 19.0. The van der Waals surface area contributed by atoms with Gasteiger partial charge >= 0.3 is 8.56 Å². The molecular formula is C22H48O2Si. The summed E-state index contributed by atoms with van der Waals surface area (Å²) in [6.45, 7) is 12.0. The quantitative estimate of drug-likeness (QED) is 0.190. The van der Waals surface area contributed by atoms with E-state index >= 15 is 0 Å². The molecule has 0 aliphatic carbocycles. The Bertz CT molecular complexity index is 288. The fourth-order valence-electron chi connectivity index (χ4n) is 3.74. The molecule has 0 spiro atoms. The third kappa shape index (κ3) is 11.5. The largest absolute Gasteiger partial charge is 0.397 e. The molecule has 3 heteroatoms. The van der Waals surface area contributed by atoms with Crippen molar-refractivity contribution < 1.29 is 8.85 Å². The van der Waals surface area contributed by atoms with E-state index in [9.17, 15) is 0 Å². The molecule has 25 heavy (non-hydrogen) atoms. The van der Waals surface area contributed by atoms with E-state index in [1.54, 1.807) is 0 Å². The Labute approximate surface area is 160 Å². The molecular weight excluding hydrogens is 324 g/mol. The molecule has 0 N–H and O–H groups in total. The van der Waals surface area contributed by atoms with Crippen LogP contribution in [0, 0.1) is 0 Å². The van der Waals surface area contributed by atoms with E-state index in [0.29, 0.717) is 0 Å². The fourth-order valence-corrected chi connectivity index (χ4v) is 7.18. The van der Waals surface area contributed by atoms with Crippen LogP contribution in [0.1, 0.15) is 118 Å². The molecule has 0 radical (unpaired) electrons. The highest BCUT2D eigenvalue weighted by atomic mass is 28.4. The first-order chi connectivity index (χ1) is 11.9. The van der Waals surface area contributed by atoms with E-state index in [1.165, 1.54) is 83.5 Å². The van der Waals surface area contributed by atoms with Crippen molar-refractivity contribution in [2.24, 2.45) is 0 Å². The molecule has 2 nitrogen and oxygen atoms in total. The van der Waals surface area contributed by atoms with Crippen LogP contribution in [0.3, 0.4) is 0 Å². The zero-order valence-corrected chi connectivity index (χ0v) is 19.4. The maximum atomic E-state index is 6.17. The molecule has 0 aliphatic heterocycles. The SMILES string of the molecule is CCCCCCCCCCCCCCC[Si](OC)(OCC)C(C)(C)C. The molecule has 152 valence electrons. The lowest BCUT2D eigenvalue weighted by Gasteiger charge is -2.39. The summed E-state index contributed by atoms with van der Waals surface area (Å²) in [5.41, 5.74) is 0. The van der Waals surface area contributed by atoms with Gasteiger partial charge in [-0.2, -0.15) is 0 Å². The Morgan fingerprint density at radius 3 is 1.36 bits per heavy atom. The number of unbranched alkanes of at least 4 members (excludes halogenated alkanes) is 12. The molecule has 0 rings (SSSR count). The van der Waals surface area contributed by atoms with Crippen molar-refractivity contribution in [1.29, 1.82) is 0 Å². The van der Waals surface area contributed by atoms with Crippen molar-refractivity contribution in [3.05, 3.63) is 0 Å². The van der Waals surface area contributed by atoms with E-state index < -0.39 is 8.56 Å². The molecule has 1 atom stereocenters. The van der Waals surface area contributed by atoms with Crippen molar-refractivity contribution in [2.45, 2.75) is 129 Å². The fraction of sp³-hybridized carbons (Fsp3) is 1.00. The van der Waals surface area contributed by atoms with Crippen LogP contribution in [0.4, 0.5) is 0 Å². The summed E-state index contributed by atoms with van der Waals surface area (Å²) in [5, 5.41) is 0.148. The van der Waals surface area contributed by atoms with E-state index in [0.717, 1.165) is 12.7 Å². The van der Waals surface area contributed by atoms with E-state index in [4.69, 9.17) is 8.85 Å². The van der Waals surface area contributed by atoms with Crippen molar-refractivity contribution in [1.82, 2.24) is 0 Å². The van der Waals surface area contributed by atoms with Gasteiger partial charge in [0.25, 0.3) is 0 Å². The van der Waals surface area contributed by atoms with Gasteiger partial charge in [-0.15, -0.1) is 0 Å². The predicted octanol–water partition coefficient (Wildman–Crippen LogP) is 8.00. The molecule has 0 aliphatic rings. The second-order valence-electron chi connectivity index (χ2n) is 8.63. The molecule has 0 fully saturated rings. The molecule has 0 bridgehead atoms. The van der Waals surface area contributed by atoms with Gasteiger partial charge in [0.2, 0.25) is 0 Å². The summed E-state index contributed by atoms with van der Waals surface area (Å²) in [6, 6.07) is 1.14. The average molecular weight is 373 g/mol.